The molecule has 3 fully saturated rings. The topological polar surface area (TPSA) is 0 Å². The second-order valence-electron chi connectivity index (χ2n) is 9.18. The van der Waals surface area contributed by atoms with Crippen LogP contribution in [0.3, 0.4) is 0 Å². The Balaban J connectivity index is 1.50. The molecule has 3 saturated carbocycles. The maximum Gasteiger partial charge on any atom is -0.00924 e. The van der Waals surface area contributed by atoms with Crippen LogP contribution in [0.15, 0.2) is 12.7 Å². The zero-order chi connectivity index (χ0) is 16.1. The van der Waals surface area contributed by atoms with Crippen LogP contribution in [0.5, 0.6) is 0 Å². The SMILES string of the molecule is C=CC1(C2CCCCC2)CCC(C2CCC(CCC)CC2)CC1. The van der Waals surface area contributed by atoms with Gasteiger partial charge in [0.25, 0.3) is 0 Å². The van der Waals surface area contributed by atoms with Crippen molar-refractivity contribution in [3.8, 4) is 0 Å². The van der Waals surface area contributed by atoms with Gasteiger partial charge in [-0.1, -0.05) is 57.9 Å². The van der Waals surface area contributed by atoms with Crippen molar-refractivity contribution < 1.29 is 0 Å². The maximum atomic E-state index is 4.30. The van der Waals surface area contributed by atoms with E-state index < -0.39 is 0 Å². The first kappa shape index (κ1) is 17.6. The van der Waals surface area contributed by atoms with E-state index in [0.717, 1.165) is 23.7 Å². The van der Waals surface area contributed by atoms with E-state index in [9.17, 15) is 0 Å². The molecule has 0 aromatic rings. The molecule has 0 spiro atoms. The minimum atomic E-state index is 0.524. The van der Waals surface area contributed by atoms with Crippen LogP contribution in [0.4, 0.5) is 0 Å². The van der Waals surface area contributed by atoms with Gasteiger partial charge in [-0.15, -0.1) is 6.58 Å². The monoisotopic (exact) mass is 316 g/mol. The van der Waals surface area contributed by atoms with E-state index in [1.54, 1.807) is 12.8 Å². The third-order valence-corrected chi connectivity index (χ3v) is 8.04. The van der Waals surface area contributed by atoms with Crippen LogP contribution in [-0.4, -0.2) is 0 Å². The molecule has 0 aromatic carbocycles. The van der Waals surface area contributed by atoms with Gasteiger partial charge in [0.05, 0.1) is 0 Å². The second kappa shape index (κ2) is 8.21. The van der Waals surface area contributed by atoms with Gasteiger partial charge < -0.3 is 0 Å². The van der Waals surface area contributed by atoms with Crippen LogP contribution >= 0.6 is 0 Å². The minimum Gasteiger partial charge on any atom is -0.103 e. The van der Waals surface area contributed by atoms with Crippen molar-refractivity contribution in [3.05, 3.63) is 12.7 Å². The van der Waals surface area contributed by atoms with Crippen molar-refractivity contribution in [2.24, 2.45) is 29.1 Å². The van der Waals surface area contributed by atoms with Crippen molar-refractivity contribution in [3.63, 3.8) is 0 Å². The molecule has 0 atom stereocenters. The van der Waals surface area contributed by atoms with Crippen molar-refractivity contribution in [1.82, 2.24) is 0 Å². The zero-order valence-corrected chi connectivity index (χ0v) is 15.7. The summed E-state index contributed by atoms with van der Waals surface area (Å²) in [6.07, 6.45) is 24.8. The fourth-order valence-corrected chi connectivity index (χ4v) is 6.46. The van der Waals surface area contributed by atoms with E-state index in [2.05, 4.69) is 19.6 Å². The highest BCUT2D eigenvalue weighted by Gasteiger charge is 2.41. The van der Waals surface area contributed by atoms with Crippen LogP contribution < -0.4 is 0 Å². The Morgan fingerprint density at radius 1 is 0.826 bits per heavy atom. The molecule has 23 heavy (non-hydrogen) atoms. The van der Waals surface area contributed by atoms with Gasteiger partial charge in [-0.3, -0.25) is 0 Å². The van der Waals surface area contributed by atoms with E-state index in [-0.39, 0.29) is 0 Å². The molecule has 132 valence electrons. The van der Waals surface area contributed by atoms with Crippen molar-refractivity contribution >= 4 is 0 Å². The summed E-state index contributed by atoms with van der Waals surface area (Å²) in [5, 5.41) is 0. The fourth-order valence-electron chi connectivity index (χ4n) is 6.46. The highest BCUT2D eigenvalue weighted by atomic mass is 14.5. The van der Waals surface area contributed by atoms with Gasteiger partial charge in [-0.25, -0.2) is 0 Å². The summed E-state index contributed by atoms with van der Waals surface area (Å²) in [6.45, 7) is 6.65. The molecular formula is C23H40. The summed E-state index contributed by atoms with van der Waals surface area (Å²) >= 11 is 0. The molecule has 0 aliphatic heterocycles. The molecule has 0 heterocycles. The highest BCUT2D eigenvalue weighted by Crippen LogP contribution is 2.52. The van der Waals surface area contributed by atoms with Crippen LogP contribution in [0.1, 0.15) is 103 Å². The predicted octanol–water partition coefficient (Wildman–Crippen LogP) is 7.54. The standard InChI is InChI=1S/C23H40/c1-3-8-19-11-13-20(14-12-19)21-15-17-23(4-2,18-16-21)22-9-6-5-7-10-22/h4,19-22H,2-3,5-18H2,1H3. The van der Waals surface area contributed by atoms with Crippen LogP contribution in [0.25, 0.3) is 0 Å². The quantitative estimate of drug-likeness (QED) is 0.460. The lowest BCUT2D eigenvalue weighted by molar-refractivity contribution is 0.0645. The van der Waals surface area contributed by atoms with Gasteiger partial charge in [-0.05, 0) is 80.5 Å². The number of rotatable bonds is 5. The molecule has 0 nitrogen and oxygen atoms in total. The summed E-state index contributed by atoms with van der Waals surface area (Å²) in [5.41, 5.74) is 0.524. The lowest BCUT2D eigenvalue weighted by Gasteiger charge is -2.47. The Hall–Kier alpha value is -0.260. The molecule has 0 aromatic heterocycles. The predicted molar refractivity (Wildman–Crippen MR) is 102 cm³/mol. The van der Waals surface area contributed by atoms with Gasteiger partial charge in [0.15, 0.2) is 0 Å². The molecule has 0 saturated heterocycles. The molecule has 0 heteroatoms. The van der Waals surface area contributed by atoms with Crippen LogP contribution in [0, 0.1) is 29.1 Å². The highest BCUT2D eigenvalue weighted by molar-refractivity contribution is 5.03. The number of hydrogen-bond donors (Lipinski definition) is 0. The first-order chi connectivity index (χ1) is 11.3. The molecule has 0 amide bonds. The molecule has 0 unspecified atom stereocenters. The average Bonchev–Trinajstić information content (AvgIpc) is 2.63. The van der Waals surface area contributed by atoms with Crippen molar-refractivity contribution in [2.75, 3.05) is 0 Å². The Labute approximate surface area is 145 Å². The zero-order valence-electron chi connectivity index (χ0n) is 15.7. The van der Waals surface area contributed by atoms with E-state index >= 15 is 0 Å². The molecular weight excluding hydrogens is 276 g/mol. The fraction of sp³-hybridized carbons (Fsp3) is 0.913. The largest absolute Gasteiger partial charge is 0.103 e. The molecule has 0 N–H and O–H groups in total. The van der Waals surface area contributed by atoms with Crippen LogP contribution in [0.2, 0.25) is 0 Å². The minimum absolute atomic E-state index is 0.524. The molecule has 3 aliphatic rings. The first-order valence-electron chi connectivity index (χ1n) is 10.9. The summed E-state index contributed by atoms with van der Waals surface area (Å²) in [5.74, 6) is 4.15. The van der Waals surface area contributed by atoms with E-state index in [4.69, 9.17) is 0 Å². The number of hydrogen-bond acceptors (Lipinski definition) is 0. The van der Waals surface area contributed by atoms with E-state index in [1.165, 1.54) is 83.5 Å². The Morgan fingerprint density at radius 3 is 2.00 bits per heavy atom. The normalized spacial score (nSPS) is 40.0. The smallest absolute Gasteiger partial charge is 0.00924 e. The Morgan fingerprint density at radius 2 is 1.43 bits per heavy atom. The van der Waals surface area contributed by atoms with Gasteiger partial charge in [0.1, 0.15) is 0 Å². The van der Waals surface area contributed by atoms with Crippen molar-refractivity contribution in [1.29, 1.82) is 0 Å². The molecule has 3 aliphatic carbocycles. The van der Waals surface area contributed by atoms with Crippen molar-refractivity contribution in [2.45, 2.75) is 103 Å². The average molecular weight is 317 g/mol. The Bertz CT molecular complexity index is 346. The lowest BCUT2D eigenvalue weighted by Crippen LogP contribution is -2.36. The molecule has 0 bridgehead atoms. The summed E-state index contributed by atoms with van der Waals surface area (Å²) < 4.78 is 0. The lowest BCUT2D eigenvalue weighted by atomic mass is 9.58. The van der Waals surface area contributed by atoms with Crippen LogP contribution in [-0.2, 0) is 0 Å². The second-order valence-corrected chi connectivity index (χ2v) is 9.18. The summed E-state index contributed by atoms with van der Waals surface area (Å²) in [4.78, 5) is 0. The Kier molecular flexibility index (Phi) is 6.27. The third-order valence-electron chi connectivity index (χ3n) is 8.04. The summed E-state index contributed by atoms with van der Waals surface area (Å²) in [6, 6.07) is 0. The third kappa shape index (κ3) is 4.05. The van der Waals surface area contributed by atoms with E-state index in [0.29, 0.717) is 5.41 Å². The number of allylic oxidation sites excluding steroid dienone is 1. The summed E-state index contributed by atoms with van der Waals surface area (Å²) in [7, 11) is 0. The van der Waals surface area contributed by atoms with Gasteiger partial charge in [-0.2, -0.15) is 0 Å². The van der Waals surface area contributed by atoms with Gasteiger partial charge in [0.2, 0.25) is 0 Å². The maximum absolute atomic E-state index is 4.30. The van der Waals surface area contributed by atoms with Gasteiger partial charge in [0, 0.05) is 0 Å². The molecule has 0 radical (unpaired) electrons. The first-order valence-corrected chi connectivity index (χ1v) is 10.9. The van der Waals surface area contributed by atoms with Gasteiger partial charge >= 0.3 is 0 Å². The molecule has 3 rings (SSSR count). The van der Waals surface area contributed by atoms with E-state index in [1.807, 2.05) is 0 Å².